The Hall–Kier alpha value is -1.33. The summed E-state index contributed by atoms with van der Waals surface area (Å²) in [6.07, 6.45) is 1.39. The molecule has 136 valence electrons. The molecule has 0 saturated heterocycles. The monoisotopic (exact) mass is 346 g/mol. The summed E-state index contributed by atoms with van der Waals surface area (Å²) in [5.41, 5.74) is -2.38. The van der Waals surface area contributed by atoms with Crippen LogP contribution in [0.3, 0.4) is 0 Å². The number of hydrogen-bond acceptors (Lipinski definition) is 5. The Morgan fingerprint density at radius 2 is 1.88 bits per heavy atom. The normalized spacial score (nSPS) is 54.9. The Balaban J connectivity index is 1.94. The average molecular weight is 346 g/mol. The van der Waals surface area contributed by atoms with Crippen LogP contribution in [0.15, 0.2) is 12.2 Å². The number of rotatable bonds is 1. The molecule has 0 aromatic carbocycles. The standard InChI is InChI=1S/C20H26O5/c1-10-11-7-12(22)15-19(3)6-4-5-18(2,9-21)13(19)8-14(23)20(15,16(10)24)17(11)25/h9,11,13-15,17,23,25H,1,4-8H2,2-3H3/t11-,13+,14+,15-,17+,18+,19+,20+/m0/s1. The summed E-state index contributed by atoms with van der Waals surface area (Å²) in [4.78, 5) is 38.1. The van der Waals surface area contributed by atoms with Crippen molar-refractivity contribution in [1.82, 2.24) is 0 Å². The zero-order valence-electron chi connectivity index (χ0n) is 14.8. The number of carbonyl (C=O) groups excluding carboxylic acids is 3. The second-order valence-electron chi connectivity index (χ2n) is 9.23. The molecule has 0 unspecified atom stereocenters. The highest BCUT2D eigenvalue weighted by atomic mass is 16.3. The first-order valence-corrected chi connectivity index (χ1v) is 9.23. The van der Waals surface area contributed by atoms with E-state index in [1.165, 1.54) is 0 Å². The molecule has 0 aliphatic heterocycles. The molecule has 4 aliphatic carbocycles. The topological polar surface area (TPSA) is 91.7 Å². The molecule has 0 amide bonds. The quantitative estimate of drug-likeness (QED) is 0.554. The highest BCUT2D eigenvalue weighted by molar-refractivity contribution is 6.10. The van der Waals surface area contributed by atoms with Gasteiger partial charge in [-0.1, -0.05) is 26.8 Å². The van der Waals surface area contributed by atoms with Crippen LogP contribution in [0.5, 0.6) is 0 Å². The van der Waals surface area contributed by atoms with Crippen molar-refractivity contribution in [2.75, 3.05) is 0 Å². The largest absolute Gasteiger partial charge is 0.392 e. The molecule has 5 heteroatoms. The van der Waals surface area contributed by atoms with Gasteiger partial charge in [-0.05, 0) is 36.2 Å². The van der Waals surface area contributed by atoms with Gasteiger partial charge in [-0.3, -0.25) is 9.59 Å². The fourth-order valence-corrected chi connectivity index (χ4v) is 7.09. The first-order chi connectivity index (χ1) is 11.6. The van der Waals surface area contributed by atoms with Crippen molar-refractivity contribution < 1.29 is 24.6 Å². The van der Waals surface area contributed by atoms with E-state index < -0.39 is 40.3 Å². The third-order valence-corrected chi connectivity index (χ3v) is 8.19. The van der Waals surface area contributed by atoms with Crippen LogP contribution in [0.4, 0.5) is 0 Å². The number of aldehydes is 1. The lowest BCUT2D eigenvalue weighted by Gasteiger charge is -2.63. The Morgan fingerprint density at radius 3 is 2.52 bits per heavy atom. The number of fused-ring (bicyclic) bond motifs is 3. The third-order valence-electron chi connectivity index (χ3n) is 8.19. The van der Waals surface area contributed by atoms with E-state index in [0.717, 1.165) is 25.5 Å². The van der Waals surface area contributed by atoms with Gasteiger partial charge in [0.15, 0.2) is 5.78 Å². The number of aliphatic hydroxyl groups is 2. The maximum Gasteiger partial charge on any atom is 0.170 e. The second kappa shape index (κ2) is 4.89. The summed E-state index contributed by atoms with van der Waals surface area (Å²) < 4.78 is 0. The zero-order valence-corrected chi connectivity index (χ0v) is 14.8. The Bertz CT molecular complexity index is 698. The molecule has 25 heavy (non-hydrogen) atoms. The molecule has 4 fully saturated rings. The van der Waals surface area contributed by atoms with Crippen molar-refractivity contribution in [1.29, 1.82) is 0 Å². The Labute approximate surface area is 147 Å². The van der Waals surface area contributed by atoms with Crippen molar-refractivity contribution in [3.05, 3.63) is 12.2 Å². The molecule has 2 N–H and O–H groups in total. The molecule has 0 aromatic rings. The summed E-state index contributed by atoms with van der Waals surface area (Å²) in [6, 6.07) is 0. The molecule has 8 atom stereocenters. The molecule has 5 nitrogen and oxygen atoms in total. The van der Waals surface area contributed by atoms with Gasteiger partial charge in [-0.15, -0.1) is 0 Å². The van der Waals surface area contributed by atoms with Gasteiger partial charge in [0.05, 0.1) is 17.6 Å². The SMILES string of the molecule is C=C1C(=O)[C@@]23[C@H](O)C[C@H]4[C@@](C)(CCC[C@]4(C)C=O)[C@@H]2C(=O)C[C@@H]1[C@H]3O. The molecule has 2 bridgehead atoms. The van der Waals surface area contributed by atoms with Crippen molar-refractivity contribution in [3.8, 4) is 0 Å². The van der Waals surface area contributed by atoms with Gasteiger partial charge in [0.25, 0.3) is 0 Å². The van der Waals surface area contributed by atoms with Crippen LogP contribution in [-0.4, -0.2) is 40.3 Å². The van der Waals surface area contributed by atoms with Crippen LogP contribution < -0.4 is 0 Å². The molecule has 0 heterocycles. The van der Waals surface area contributed by atoms with Crippen LogP contribution in [0.1, 0.15) is 46.0 Å². The highest BCUT2D eigenvalue weighted by Crippen LogP contribution is 2.69. The lowest BCUT2D eigenvalue weighted by Crippen LogP contribution is -2.69. The minimum absolute atomic E-state index is 0.0660. The fourth-order valence-electron chi connectivity index (χ4n) is 7.09. The molecule has 1 spiro atoms. The predicted molar refractivity (Wildman–Crippen MR) is 89.4 cm³/mol. The van der Waals surface area contributed by atoms with E-state index in [2.05, 4.69) is 6.58 Å². The average Bonchev–Trinajstić information content (AvgIpc) is 2.68. The highest BCUT2D eigenvalue weighted by Gasteiger charge is 2.76. The van der Waals surface area contributed by atoms with Crippen LogP contribution in [0, 0.1) is 34.0 Å². The molecule has 0 aromatic heterocycles. The number of hydrogen-bond donors (Lipinski definition) is 2. The first kappa shape index (κ1) is 17.1. The minimum Gasteiger partial charge on any atom is -0.392 e. The molecule has 4 rings (SSSR count). The van der Waals surface area contributed by atoms with E-state index in [-0.39, 0.29) is 35.9 Å². The molecule has 4 aliphatic rings. The van der Waals surface area contributed by atoms with Gasteiger partial charge in [0.1, 0.15) is 12.1 Å². The Morgan fingerprint density at radius 1 is 1.20 bits per heavy atom. The number of Topliss-reactive ketones (excluding diaryl/α,β-unsaturated/α-hetero) is 2. The van der Waals surface area contributed by atoms with Crippen LogP contribution in [-0.2, 0) is 14.4 Å². The van der Waals surface area contributed by atoms with E-state index in [1.807, 2.05) is 13.8 Å². The van der Waals surface area contributed by atoms with E-state index in [0.29, 0.717) is 0 Å². The smallest absolute Gasteiger partial charge is 0.170 e. The van der Waals surface area contributed by atoms with Gasteiger partial charge in [0.2, 0.25) is 0 Å². The lowest BCUT2D eigenvalue weighted by atomic mass is 9.39. The van der Waals surface area contributed by atoms with Gasteiger partial charge >= 0.3 is 0 Å². The molecule has 0 radical (unpaired) electrons. The van der Waals surface area contributed by atoms with Crippen molar-refractivity contribution in [2.24, 2.45) is 34.0 Å². The van der Waals surface area contributed by atoms with Crippen molar-refractivity contribution in [2.45, 2.75) is 58.2 Å². The Kier molecular flexibility index (Phi) is 3.34. The van der Waals surface area contributed by atoms with E-state index in [9.17, 15) is 24.6 Å². The van der Waals surface area contributed by atoms with Gasteiger partial charge in [-0.2, -0.15) is 0 Å². The predicted octanol–water partition coefficient (Wildman–Crippen LogP) is 1.45. The van der Waals surface area contributed by atoms with E-state index in [1.54, 1.807) is 0 Å². The summed E-state index contributed by atoms with van der Waals surface area (Å²) >= 11 is 0. The van der Waals surface area contributed by atoms with Crippen LogP contribution in [0.25, 0.3) is 0 Å². The third kappa shape index (κ3) is 1.69. The van der Waals surface area contributed by atoms with Crippen molar-refractivity contribution >= 4 is 17.9 Å². The number of aliphatic hydroxyl groups excluding tert-OH is 2. The minimum atomic E-state index is -1.47. The number of carbonyl (C=O) groups is 3. The molecular weight excluding hydrogens is 320 g/mol. The fraction of sp³-hybridized carbons (Fsp3) is 0.750. The van der Waals surface area contributed by atoms with Crippen LogP contribution >= 0.6 is 0 Å². The lowest BCUT2D eigenvalue weighted by molar-refractivity contribution is -0.220. The van der Waals surface area contributed by atoms with Crippen LogP contribution in [0.2, 0.25) is 0 Å². The first-order valence-electron chi connectivity index (χ1n) is 9.23. The zero-order chi connectivity index (χ0) is 18.4. The summed E-state index contributed by atoms with van der Waals surface area (Å²) in [5.74, 6) is -1.90. The summed E-state index contributed by atoms with van der Waals surface area (Å²) in [6.45, 7) is 7.71. The molecule has 4 saturated carbocycles. The van der Waals surface area contributed by atoms with Gasteiger partial charge in [0, 0.05) is 23.7 Å². The second-order valence-corrected chi connectivity index (χ2v) is 9.23. The van der Waals surface area contributed by atoms with E-state index in [4.69, 9.17) is 0 Å². The number of ketones is 2. The van der Waals surface area contributed by atoms with E-state index >= 15 is 0 Å². The van der Waals surface area contributed by atoms with Crippen molar-refractivity contribution in [3.63, 3.8) is 0 Å². The summed E-state index contributed by atoms with van der Waals surface area (Å²) in [5, 5.41) is 22.0. The maximum absolute atomic E-state index is 13.1. The van der Waals surface area contributed by atoms with Gasteiger partial charge in [-0.25, -0.2) is 0 Å². The molecular formula is C20H26O5. The summed E-state index contributed by atoms with van der Waals surface area (Å²) in [7, 11) is 0. The maximum atomic E-state index is 13.1. The van der Waals surface area contributed by atoms with Gasteiger partial charge < -0.3 is 15.0 Å².